The van der Waals surface area contributed by atoms with E-state index in [0.717, 1.165) is 38.3 Å². The van der Waals surface area contributed by atoms with Crippen molar-refractivity contribution in [1.82, 2.24) is 9.80 Å². The van der Waals surface area contributed by atoms with E-state index in [1.54, 1.807) is 11.1 Å². The van der Waals surface area contributed by atoms with E-state index in [2.05, 4.69) is 34.1 Å². The molecule has 1 unspecified atom stereocenters. The number of benzene rings is 1. The third kappa shape index (κ3) is 4.87. The Hall–Kier alpha value is -0.940. The highest BCUT2D eigenvalue weighted by Gasteiger charge is 2.32. The van der Waals surface area contributed by atoms with Crippen LogP contribution < -0.4 is 0 Å². The average Bonchev–Trinajstić information content (AvgIpc) is 3.44. The molecule has 1 aliphatic carbocycles. The summed E-state index contributed by atoms with van der Waals surface area (Å²) < 4.78 is 11.6. The maximum absolute atomic E-state index is 6.00. The largest absolute Gasteiger partial charge is 0.381 e. The van der Waals surface area contributed by atoms with Crippen molar-refractivity contribution < 1.29 is 9.47 Å². The number of ether oxygens (including phenoxy) is 2. The highest BCUT2D eigenvalue weighted by atomic mass is 16.5. The highest BCUT2D eigenvalue weighted by Crippen LogP contribution is 2.30. The van der Waals surface area contributed by atoms with Crippen molar-refractivity contribution in [3.05, 3.63) is 35.4 Å². The summed E-state index contributed by atoms with van der Waals surface area (Å²) in [6, 6.07) is 10.5. The van der Waals surface area contributed by atoms with Gasteiger partial charge in [0.1, 0.15) is 0 Å². The van der Waals surface area contributed by atoms with Crippen LogP contribution in [0.4, 0.5) is 0 Å². The van der Waals surface area contributed by atoms with Gasteiger partial charge in [-0.1, -0.05) is 24.3 Å². The minimum Gasteiger partial charge on any atom is -0.381 e. The number of likely N-dealkylation sites (tertiary alicyclic amines) is 1. The van der Waals surface area contributed by atoms with E-state index in [-0.39, 0.29) is 0 Å². The molecule has 0 N–H and O–H groups in total. The summed E-state index contributed by atoms with van der Waals surface area (Å²) in [6.45, 7) is 7.82. The third-order valence-electron chi connectivity index (χ3n) is 7.86. The Kier molecular flexibility index (Phi) is 6.53. The number of hydrogen-bond acceptors (Lipinski definition) is 4. The summed E-state index contributed by atoms with van der Waals surface area (Å²) in [5.41, 5.74) is 3.17. The van der Waals surface area contributed by atoms with Crippen molar-refractivity contribution in [2.45, 2.75) is 69.6 Å². The van der Waals surface area contributed by atoms with Crippen molar-refractivity contribution >= 4 is 0 Å². The molecule has 29 heavy (non-hydrogen) atoms. The molecule has 0 bridgehead atoms. The van der Waals surface area contributed by atoms with Crippen LogP contribution in [0.3, 0.4) is 0 Å². The Morgan fingerprint density at radius 3 is 2.24 bits per heavy atom. The molecule has 1 aromatic rings. The summed E-state index contributed by atoms with van der Waals surface area (Å²) in [5.74, 6) is 0.847. The quantitative estimate of drug-likeness (QED) is 0.732. The summed E-state index contributed by atoms with van der Waals surface area (Å²) >= 11 is 0. The van der Waals surface area contributed by atoms with Crippen LogP contribution in [0.15, 0.2) is 24.3 Å². The molecule has 0 saturated carbocycles. The lowest BCUT2D eigenvalue weighted by atomic mass is 9.93. The second kappa shape index (κ2) is 9.47. The molecule has 4 aliphatic rings. The van der Waals surface area contributed by atoms with Crippen molar-refractivity contribution in [2.24, 2.45) is 5.92 Å². The second-order valence-electron chi connectivity index (χ2n) is 9.74. The van der Waals surface area contributed by atoms with Gasteiger partial charge >= 0.3 is 0 Å². The van der Waals surface area contributed by atoms with E-state index in [1.165, 1.54) is 71.0 Å². The molecule has 0 radical (unpaired) electrons. The fourth-order valence-electron chi connectivity index (χ4n) is 6.10. The molecule has 3 heterocycles. The first-order valence-corrected chi connectivity index (χ1v) is 12.1. The van der Waals surface area contributed by atoms with Crippen LogP contribution in [-0.4, -0.2) is 74.0 Å². The number of hydrogen-bond donors (Lipinski definition) is 0. The monoisotopic (exact) mass is 398 g/mol. The molecule has 1 atom stereocenters. The standard InChI is InChI=1S/C25H38N2O2/c1-2-5-22-17-24(16-21(22)4-1)26-11-7-20(8-12-26)18-27(19-25-6-3-13-29-25)23-9-14-28-15-10-23/h1-2,4-5,20,23-25H,3,6-19H2. The molecule has 4 heteroatoms. The molecule has 3 aliphatic heterocycles. The zero-order valence-corrected chi connectivity index (χ0v) is 17.9. The molecule has 0 aromatic heterocycles. The predicted molar refractivity (Wildman–Crippen MR) is 116 cm³/mol. The molecule has 3 fully saturated rings. The highest BCUT2D eigenvalue weighted by molar-refractivity contribution is 5.33. The fourth-order valence-corrected chi connectivity index (χ4v) is 6.10. The van der Waals surface area contributed by atoms with Crippen LogP contribution >= 0.6 is 0 Å². The minimum absolute atomic E-state index is 0.468. The lowest BCUT2D eigenvalue weighted by Gasteiger charge is -2.41. The molecule has 4 nitrogen and oxygen atoms in total. The maximum Gasteiger partial charge on any atom is 0.0702 e. The van der Waals surface area contributed by atoms with E-state index in [1.807, 2.05) is 0 Å². The Bertz CT molecular complexity index is 621. The van der Waals surface area contributed by atoms with Gasteiger partial charge < -0.3 is 9.47 Å². The minimum atomic E-state index is 0.468. The van der Waals surface area contributed by atoms with Crippen LogP contribution in [-0.2, 0) is 22.3 Å². The van der Waals surface area contributed by atoms with Gasteiger partial charge in [0.15, 0.2) is 0 Å². The SMILES string of the molecule is c1ccc2c(c1)CC(N1CCC(CN(CC3CCCO3)C3CCOCC3)CC1)C2. The first-order valence-electron chi connectivity index (χ1n) is 12.1. The molecule has 3 saturated heterocycles. The Morgan fingerprint density at radius 2 is 1.59 bits per heavy atom. The molecule has 5 rings (SSSR count). The van der Waals surface area contributed by atoms with Gasteiger partial charge in [0.05, 0.1) is 6.10 Å². The molecular weight excluding hydrogens is 360 g/mol. The van der Waals surface area contributed by atoms with E-state index in [4.69, 9.17) is 9.47 Å². The number of nitrogens with zero attached hydrogens (tertiary/aromatic N) is 2. The van der Waals surface area contributed by atoms with E-state index in [9.17, 15) is 0 Å². The summed E-state index contributed by atoms with van der Waals surface area (Å²) in [5, 5.41) is 0. The van der Waals surface area contributed by atoms with Crippen molar-refractivity contribution in [3.8, 4) is 0 Å². The van der Waals surface area contributed by atoms with E-state index >= 15 is 0 Å². The molecular formula is C25H38N2O2. The van der Waals surface area contributed by atoms with Gasteiger partial charge in [0.2, 0.25) is 0 Å². The van der Waals surface area contributed by atoms with E-state index < -0.39 is 0 Å². The first-order chi connectivity index (χ1) is 14.3. The number of rotatable bonds is 6. The van der Waals surface area contributed by atoms with Crippen molar-refractivity contribution in [3.63, 3.8) is 0 Å². The van der Waals surface area contributed by atoms with Crippen LogP contribution in [0.25, 0.3) is 0 Å². The molecule has 0 amide bonds. The zero-order valence-electron chi connectivity index (χ0n) is 17.9. The fraction of sp³-hybridized carbons (Fsp3) is 0.760. The number of fused-ring (bicyclic) bond motifs is 1. The van der Waals surface area contributed by atoms with Gasteiger partial charge in [0.25, 0.3) is 0 Å². The van der Waals surface area contributed by atoms with Gasteiger partial charge in [-0.25, -0.2) is 0 Å². The van der Waals surface area contributed by atoms with Gasteiger partial charge in [-0.3, -0.25) is 9.80 Å². The van der Waals surface area contributed by atoms with E-state index in [0.29, 0.717) is 12.1 Å². The maximum atomic E-state index is 6.00. The summed E-state index contributed by atoms with van der Waals surface area (Å²) in [7, 11) is 0. The zero-order chi connectivity index (χ0) is 19.5. The third-order valence-corrected chi connectivity index (χ3v) is 7.86. The Labute approximate surface area is 176 Å². The lowest BCUT2D eigenvalue weighted by molar-refractivity contribution is -0.00403. The van der Waals surface area contributed by atoms with Crippen LogP contribution in [0.5, 0.6) is 0 Å². The molecule has 0 spiro atoms. The van der Waals surface area contributed by atoms with Crippen LogP contribution in [0, 0.1) is 5.92 Å². The van der Waals surface area contributed by atoms with Gasteiger partial charge in [-0.2, -0.15) is 0 Å². The van der Waals surface area contributed by atoms with Crippen LogP contribution in [0.1, 0.15) is 49.7 Å². The van der Waals surface area contributed by atoms with Crippen molar-refractivity contribution in [2.75, 3.05) is 46.0 Å². The summed E-state index contributed by atoms with van der Waals surface area (Å²) in [6.07, 6.45) is 10.6. The first kappa shape index (κ1) is 20.0. The van der Waals surface area contributed by atoms with Gasteiger partial charge in [-0.05, 0) is 81.5 Å². The molecule has 160 valence electrons. The number of piperidine rings is 1. The Balaban J connectivity index is 1.14. The van der Waals surface area contributed by atoms with Gasteiger partial charge in [-0.15, -0.1) is 0 Å². The van der Waals surface area contributed by atoms with Gasteiger partial charge in [0, 0.05) is 45.0 Å². The normalized spacial score (nSPS) is 27.7. The topological polar surface area (TPSA) is 24.9 Å². The second-order valence-corrected chi connectivity index (χ2v) is 9.74. The Morgan fingerprint density at radius 1 is 0.862 bits per heavy atom. The predicted octanol–water partition coefficient (Wildman–Crippen LogP) is 3.53. The van der Waals surface area contributed by atoms with Crippen LogP contribution in [0.2, 0.25) is 0 Å². The lowest BCUT2D eigenvalue weighted by Crippen LogP contribution is -2.48. The smallest absolute Gasteiger partial charge is 0.0702 e. The van der Waals surface area contributed by atoms with Crippen molar-refractivity contribution in [1.29, 1.82) is 0 Å². The summed E-state index contributed by atoms with van der Waals surface area (Å²) in [4.78, 5) is 5.58. The molecule has 1 aromatic carbocycles. The average molecular weight is 399 g/mol.